The van der Waals surface area contributed by atoms with Gasteiger partial charge in [-0.2, -0.15) is 0 Å². The Labute approximate surface area is 93.8 Å². The summed E-state index contributed by atoms with van der Waals surface area (Å²) in [7, 11) is 0. The summed E-state index contributed by atoms with van der Waals surface area (Å²) in [4.78, 5) is 10.8. The van der Waals surface area contributed by atoms with E-state index in [0.29, 0.717) is 13.0 Å². The molecule has 1 N–H and O–H groups in total. The van der Waals surface area contributed by atoms with Gasteiger partial charge in [0.05, 0.1) is 6.61 Å². The van der Waals surface area contributed by atoms with Gasteiger partial charge in [0.25, 0.3) is 0 Å². The normalized spacial score (nSPS) is 9.47. The molecule has 0 rings (SSSR count). The van der Waals surface area contributed by atoms with Gasteiger partial charge in [-0.3, -0.25) is 4.79 Å². The van der Waals surface area contributed by atoms with Crippen LogP contribution < -0.4 is 0 Å². The van der Waals surface area contributed by atoms with E-state index in [1.54, 1.807) is 13.8 Å². The van der Waals surface area contributed by atoms with Crippen molar-refractivity contribution in [1.29, 1.82) is 0 Å². The number of aliphatic hydroxyl groups is 1. The number of esters is 1. The molecule has 0 saturated heterocycles. The van der Waals surface area contributed by atoms with Gasteiger partial charge >= 0.3 is 5.97 Å². The van der Waals surface area contributed by atoms with Crippen LogP contribution >= 0.6 is 0 Å². The maximum Gasteiger partial charge on any atom is 0.305 e. The van der Waals surface area contributed by atoms with E-state index in [1.165, 1.54) is 12.8 Å². The Hall–Kier alpha value is -0.570. The minimum atomic E-state index is -0.167. The number of unbranched alkanes of at least 4 members (excludes halogenated alkanes) is 3. The monoisotopic (exact) mass is 218 g/mol. The summed E-state index contributed by atoms with van der Waals surface area (Å²) in [5.74, 6) is -0.0522. The number of carbonyl (C=O) groups excluding carboxylic acids is 1. The largest absolute Gasteiger partial charge is 0.466 e. The maximum absolute atomic E-state index is 10.8. The van der Waals surface area contributed by atoms with E-state index in [1.807, 2.05) is 6.92 Å². The summed E-state index contributed by atoms with van der Waals surface area (Å²) in [6.07, 6.45) is 4.98. The molecule has 0 heterocycles. The Morgan fingerprint density at radius 2 is 1.73 bits per heavy atom. The molecule has 0 aromatic rings. The lowest BCUT2D eigenvalue weighted by Gasteiger charge is -2.00. The number of rotatable bonds is 6. The van der Waals surface area contributed by atoms with Crippen molar-refractivity contribution in [2.75, 3.05) is 6.61 Å². The quantitative estimate of drug-likeness (QED) is 0.551. The average Bonchev–Trinajstić information content (AvgIpc) is 2.12. The third-order valence-corrected chi connectivity index (χ3v) is 1.54. The van der Waals surface area contributed by atoms with Crippen molar-refractivity contribution in [3.63, 3.8) is 0 Å². The fourth-order valence-corrected chi connectivity index (χ4v) is 0.929. The van der Waals surface area contributed by atoms with Crippen LogP contribution in [0.2, 0.25) is 0 Å². The first-order chi connectivity index (χ1) is 7.04. The molecule has 0 spiro atoms. The molecule has 0 radical (unpaired) electrons. The molecule has 92 valence electrons. The average molecular weight is 218 g/mol. The second-order valence-corrected chi connectivity index (χ2v) is 3.71. The summed E-state index contributed by atoms with van der Waals surface area (Å²) >= 11 is 0. The highest BCUT2D eigenvalue weighted by molar-refractivity contribution is 5.69. The summed E-state index contributed by atoms with van der Waals surface area (Å²) in [6.45, 7) is 7.95. The number of ether oxygens (including phenoxy) is 1. The lowest BCUT2D eigenvalue weighted by molar-refractivity contribution is -0.143. The standard InChI is InChI=1S/C9H18O2.C3H8O/c1-3-5-6-7-8-9(10)11-4-2;1-3(2)4/h3-8H2,1-2H3;3-4H,1-2H3. The molecule has 15 heavy (non-hydrogen) atoms. The highest BCUT2D eigenvalue weighted by atomic mass is 16.5. The van der Waals surface area contributed by atoms with Gasteiger partial charge in [-0.15, -0.1) is 0 Å². The maximum atomic E-state index is 10.8. The van der Waals surface area contributed by atoms with Gasteiger partial charge in [-0.1, -0.05) is 26.2 Å². The Morgan fingerprint density at radius 1 is 1.20 bits per heavy atom. The van der Waals surface area contributed by atoms with Gasteiger partial charge in [0.2, 0.25) is 0 Å². The van der Waals surface area contributed by atoms with Gasteiger partial charge < -0.3 is 9.84 Å². The van der Waals surface area contributed by atoms with Crippen LogP contribution in [0.25, 0.3) is 0 Å². The topological polar surface area (TPSA) is 46.5 Å². The number of hydrogen-bond donors (Lipinski definition) is 1. The van der Waals surface area contributed by atoms with Crippen LogP contribution in [0.4, 0.5) is 0 Å². The molecule has 0 amide bonds. The Kier molecular flexibility index (Phi) is 15.1. The molecule has 0 atom stereocenters. The third-order valence-electron chi connectivity index (χ3n) is 1.54. The van der Waals surface area contributed by atoms with Crippen molar-refractivity contribution < 1.29 is 14.6 Å². The molecule has 0 saturated carbocycles. The summed E-state index contributed by atoms with van der Waals surface area (Å²) in [5, 5.41) is 8.06. The molecular weight excluding hydrogens is 192 g/mol. The molecular formula is C12H26O3. The zero-order chi connectivity index (χ0) is 12.1. The number of aliphatic hydroxyl groups excluding tert-OH is 1. The first-order valence-electron chi connectivity index (χ1n) is 5.88. The number of carbonyl (C=O) groups is 1. The predicted molar refractivity (Wildman–Crippen MR) is 62.7 cm³/mol. The summed E-state index contributed by atoms with van der Waals surface area (Å²) in [6, 6.07) is 0. The van der Waals surface area contributed by atoms with E-state index in [0.717, 1.165) is 12.8 Å². The molecule has 0 fully saturated rings. The van der Waals surface area contributed by atoms with E-state index < -0.39 is 0 Å². The highest BCUT2D eigenvalue weighted by Gasteiger charge is 1.99. The summed E-state index contributed by atoms with van der Waals surface area (Å²) in [5.41, 5.74) is 0. The fraction of sp³-hybridized carbons (Fsp3) is 0.917. The van der Waals surface area contributed by atoms with Crippen molar-refractivity contribution in [2.45, 2.75) is 65.9 Å². The Balaban J connectivity index is 0. The minimum absolute atomic E-state index is 0.0522. The van der Waals surface area contributed by atoms with Crippen LogP contribution in [0, 0.1) is 0 Å². The van der Waals surface area contributed by atoms with Crippen LogP contribution in [0.3, 0.4) is 0 Å². The van der Waals surface area contributed by atoms with E-state index in [-0.39, 0.29) is 12.1 Å². The van der Waals surface area contributed by atoms with Gasteiger partial charge in [0.1, 0.15) is 0 Å². The van der Waals surface area contributed by atoms with Crippen molar-refractivity contribution in [1.82, 2.24) is 0 Å². The van der Waals surface area contributed by atoms with Crippen LogP contribution in [0.15, 0.2) is 0 Å². The van der Waals surface area contributed by atoms with Crippen molar-refractivity contribution in [3.05, 3.63) is 0 Å². The van der Waals surface area contributed by atoms with Crippen LogP contribution in [0.1, 0.15) is 59.8 Å². The molecule has 0 bridgehead atoms. The minimum Gasteiger partial charge on any atom is -0.466 e. The zero-order valence-corrected chi connectivity index (χ0v) is 10.6. The molecule has 3 nitrogen and oxygen atoms in total. The van der Waals surface area contributed by atoms with Gasteiger partial charge in [0.15, 0.2) is 0 Å². The van der Waals surface area contributed by atoms with Crippen molar-refractivity contribution in [3.8, 4) is 0 Å². The smallest absolute Gasteiger partial charge is 0.305 e. The molecule has 0 aromatic heterocycles. The van der Waals surface area contributed by atoms with Crippen molar-refractivity contribution in [2.24, 2.45) is 0 Å². The predicted octanol–water partition coefficient (Wildman–Crippen LogP) is 2.91. The van der Waals surface area contributed by atoms with Crippen LogP contribution in [0.5, 0.6) is 0 Å². The highest BCUT2D eigenvalue weighted by Crippen LogP contribution is 2.02. The van der Waals surface area contributed by atoms with Gasteiger partial charge in [-0.25, -0.2) is 0 Å². The second-order valence-electron chi connectivity index (χ2n) is 3.71. The van der Waals surface area contributed by atoms with Gasteiger partial charge in [0, 0.05) is 12.5 Å². The summed E-state index contributed by atoms with van der Waals surface area (Å²) < 4.78 is 4.78. The molecule has 0 aliphatic rings. The van der Waals surface area contributed by atoms with E-state index in [9.17, 15) is 4.79 Å². The molecule has 0 aliphatic heterocycles. The lowest BCUT2D eigenvalue weighted by Crippen LogP contribution is -2.02. The SMILES string of the molecule is CC(C)O.CCCCCCC(=O)OCC. The molecule has 0 unspecified atom stereocenters. The zero-order valence-electron chi connectivity index (χ0n) is 10.6. The van der Waals surface area contributed by atoms with E-state index >= 15 is 0 Å². The van der Waals surface area contributed by atoms with Gasteiger partial charge in [-0.05, 0) is 27.2 Å². The van der Waals surface area contributed by atoms with Crippen LogP contribution in [-0.4, -0.2) is 23.8 Å². The Morgan fingerprint density at radius 3 is 2.13 bits per heavy atom. The fourth-order valence-electron chi connectivity index (χ4n) is 0.929. The third kappa shape index (κ3) is 24.7. The van der Waals surface area contributed by atoms with Crippen molar-refractivity contribution >= 4 is 5.97 Å². The van der Waals surface area contributed by atoms with E-state index in [4.69, 9.17) is 9.84 Å². The second kappa shape index (κ2) is 13.4. The molecule has 0 aliphatic carbocycles. The molecule has 0 aromatic carbocycles. The first-order valence-corrected chi connectivity index (χ1v) is 5.88. The van der Waals surface area contributed by atoms with E-state index in [2.05, 4.69) is 6.92 Å². The molecule has 3 heteroatoms. The van der Waals surface area contributed by atoms with Crippen LogP contribution in [-0.2, 0) is 9.53 Å². The first kappa shape index (κ1) is 16.8. The Bertz CT molecular complexity index is 130. The lowest BCUT2D eigenvalue weighted by atomic mass is 10.2. The number of hydrogen-bond acceptors (Lipinski definition) is 3.